The lowest BCUT2D eigenvalue weighted by Crippen LogP contribution is -2.18. The second kappa shape index (κ2) is 9.14. The van der Waals surface area contributed by atoms with Gasteiger partial charge < -0.3 is 4.74 Å². The fourth-order valence-corrected chi connectivity index (χ4v) is 3.99. The molecule has 0 fully saturated rings. The second-order valence-corrected chi connectivity index (χ2v) is 9.98. The summed E-state index contributed by atoms with van der Waals surface area (Å²) in [4.78, 5) is 8.53. The number of nitrogens with one attached hydrogen (secondary N) is 1. The molecular formula is C22H24BrN3O3S. The molecular weight excluding hydrogens is 466 g/mol. The SMILES string of the molecule is CCC(C)(C)c1ccc(S(=O)(=O)Nc2ncc(Br)nc2OCc2ccccc2)cc1. The fourth-order valence-electron chi connectivity index (χ4n) is 2.72. The molecule has 3 aromatic rings. The topological polar surface area (TPSA) is 81.2 Å². The van der Waals surface area contributed by atoms with Gasteiger partial charge in [-0.15, -0.1) is 0 Å². The Bertz CT molecular complexity index is 1100. The molecule has 0 unspecified atom stereocenters. The Labute approximate surface area is 185 Å². The van der Waals surface area contributed by atoms with Gasteiger partial charge in [0.15, 0.2) is 0 Å². The molecule has 2 aromatic carbocycles. The van der Waals surface area contributed by atoms with Crippen LogP contribution in [0.25, 0.3) is 0 Å². The number of hydrogen-bond acceptors (Lipinski definition) is 5. The quantitative estimate of drug-likeness (QED) is 0.463. The number of benzene rings is 2. The lowest BCUT2D eigenvalue weighted by Gasteiger charge is -2.23. The zero-order chi connectivity index (χ0) is 21.8. The van der Waals surface area contributed by atoms with E-state index in [1.165, 1.54) is 6.20 Å². The highest BCUT2D eigenvalue weighted by Gasteiger charge is 2.22. The summed E-state index contributed by atoms with van der Waals surface area (Å²) in [5.41, 5.74) is 1.99. The predicted molar refractivity (Wildman–Crippen MR) is 121 cm³/mol. The van der Waals surface area contributed by atoms with Gasteiger partial charge in [-0.1, -0.05) is 63.2 Å². The maximum absolute atomic E-state index is 12.9. The Balaban J connectivity index is 1.82. The summed E-state index contributed by atoms with van der Waals surface area (Å²) in [7, 11) is -3.85. The van der Waals surface area contributed by atoms with Crippen LogP contribution in [-0.2, 0) is 22.0 Å². The van der Waals surface area contributed by atoms with Crippen LogP contribution in [0, 0.1) is 0 Å². The van der Waals surface area contributed by atoms with Crippen molar-refractivity contribution in [3.05, 3.63) is 76.5 Å². The van der Waals surface area contributed by atoms with E-state index in [2.05, 4.69) is 51.4 Å². The molecule has 0 saturated carbocycles. The van der Waals surface area contributed by atoms with E-state index in [1.54, 1.807) is 12.1 Å². The Morgan fingerprint density at radius 2 is 1.73 bits per heavy atom. The zero-order valence-corrected chi connectivity index (χ0v) is 19.5. The Morgan fingerprint density at radius 3 is 2.37 bits per heavy atom. The highest BCUT2D eigenvalue weighted by molar-refractivity contribution is 9.10. The maximum Gasteiger partial charge on any atom is 0.263 e. The molecule has 1 N–H and O–H groups in total. The monoisotopic (exact) mass is 489 g/mol. The molecule has 0 aliphatic rings. The first-order valence-corrected chi connectivity index (χ1v) is 11.8. The van der Waals surface area contributed by atoms with Crippen molar-refractivity contribution in [1.82, 2.24) is 9.97 Å². The average Bonchev–Trinajstić information content (AvgIpc) is 2.74. The van der Waals surface area contributed by atoms with Crippen LogP contribution >= 0.6 is 15.9 Å². The molecule has 158 valence electrons. The second-order valence-electron chi connectivity index (χ2n) is 7.49. The van der Waals surface area contributed by atoms with E-state index in [0.717, 1.165) is 17.5 Å². The van der Waals surface area contributed by atoms with Crippen LogP contribution < -0.4 is 9.46 Å². The van der Waals surface area contributed by atoms with E-state index in [-0.39, 0.29) is 28.6 Å². The average molecular weight is 490 g/mol. The third-order valence-corrected chi connectivity index (χ3v) is 6.73. The van der Waals surface area contributed by atoms with Crippen molar-refractivity contribution in [1.29, 1.82) is 0 Å². The van der Waals surface area contributed by atoms with E-state index < -0.39 is 10.0 Å². The highest BCUT2D eigenvalue weighted by Crippen LogP contribution is 2.29. The largest absolute Gasteiger partial charge is 0.470 e. The Morgan fingerprint density at radius 1 is 1.07 bits per heavy atom. The van der Waals surface area contributed by atoms with E-state index >= 15 is 0 Å². The molecule has 30 heavy (non-hydrogen) atoms. The van der Waals surface area contributed by atoms with Crippen LogP contribution in [0.2, 0.25) is 0 Å². The summed E-state index contributed by atoms with van der Waals surface area (Å²) in [5, 5.41) is 0. The molecule has 3 rings (SSSR count). The van der Waals surface area contributed by atoms with Gasteiger partial charge in [-0.3, -0.25) is 4.72 Å². The smallest absolute Gasteiger partial charge is 0.263 e. The molecule has 8 heteroatoms. The predicted octanol–water partition coefficient (Wildman–Crippen LogP) is 5.31. The standard InChI is InChI=1S/C22H24BrN3O3S/c1-4-22(2,3)17-10-12-18(13-11-17)30(27,28)26-20-21(25-19(23)14-24-20)29-15-16-8-6-5-7-9-16/h5-14H,4,15H2,1-3H3,(H,24,26). The lowest BCUT2D eigenvalue weighted by atomic mass is 9.82. The number of anilines is 1. The minimum Gasteiger partial charge on any atom is -0.470 e. The molecule has 1 heterocycles. The first kappa shape index (κ1) is 22.2. The summed E-state index contributed by atoms with van der Waals surface area (Å²) in [6.07, 6.45) is 2.37. The van der Waals surface area contributed by atoms with Gasteiger partial charge in [0, 0.05) is 0 Å². The van der Waals surface area contributed by atoms with Crippen LogP contribution in [0.4, 0.5) is 5.82 Å². The van der Waals surface area contributed by atoms with Crippen LogP contribution in [0.15, 0.2) is 70.3 Å². The molecule has 0 spiro atoms. The third kappa shape index (κ3) is 5.37. The summed E-state index contributed by atoms with van der Waals surface area (Å²) >= 11 is 3.25. The van der Waals surface area contributed by atoms with Crippen LogP contribution in [-0.4, -0.2) is 18.4 Å². The first-order valence-electron chi connectivity index (χ1n) is 9.54. The Hall–Kier alpha value is -2.45. The van der Waals surface area contributed by atoms with Gasteiger partial charge in [0.25, 0.3) is 15.9 Å². The zero-order valence-electron chi connectivity index (χ0n) is 17.1. The van der Waals surface area contributed by atoms with Crippen molar-refractivity contribution in [2.45, 2.75) is 44.1 Å². The molecule has 0 atom stereocenters. The van der Waals surface area contributed by atoms with Gasteiger partial charge in [-0.25, -0.2) is 18.4 Å². The number of hydrogen-bond donors (Lipinski definition) is 1. The molecule has 0 radical (unpaired) electrons. The van der Waals surface area contributed by atoms with Crippen LogP contribution in [0.3, 0.4) is 0 Å². The molecule has 0 aliphatic heterocycles. The molecule has 1 aromatic heterocycles. The lowest BCUT2D eigenvalue weighted by molar-refractivity contribution is 0.294. The van der Waals surface area contributed by atoms with E-state index in [0.29, 0.717) is 4.60 Å². The summed E-state index contributed by atoms with van der Waals surface area (Å²) < 4.78 is 34.5. The van der Waals surface area contributed by atoms with Gasteiger partial charge in [-0.2, -0.15) is 0 Å². The third-order valence-electron chi connectivity index (χ3n) is 4.99. The van der Waals surface area contributed by atoms with Crippen molar-refractivity contribution < 1.29 is 13.2 Å². The number of aromatic nitrogens is 2. The van der Waals surface area contributed by atoms with E-state index in [4.69, 9.17) is 4.74 Å². The maximum atomic E-state index is 12.9. The van der Waals surface area contributed by atoms with E-state index in [9.17, 15) is 8.42 Å². The van der Waals surface area contributed by atoms with Crippen molar-refractivity contribution >= 4 is 31.8 Å². The highest BCUT2D eigenvalue weighted by atomic mass is 79.9. The number of ether oxygens (including phenoxy) is 1. The van der Waals surface area contributed by atoms with E-state index in [1.807, 2.05) is 42.5 Å². The van der Waals surface area contributed by atoms with Gasteiger partial charge in [0.05, 0.1) is 11.1 Å². The molecule has 6 nitrogen and oxygen atoms in total. The fraction of sp³-hybridized carbons (Fsp3) is 0.273. The minimum absolute atomic E-state index is 0.0225. The molecule has 0 saturated heterocycles. The van der Waals surface area contributed by atoms with Gasteiger partial charge in [-0.05, 0) is 51.0 Å². The molecule has 0 aliphatic carbocycles. The summed E-state index contributed by atoms with van der Waals surface area (Å²) in [5.74, 6) is 0.132. The van der Waals surface area contributed by atoms with Crippen molar-refractivity contribution in [3.8, 4) is 5.88 Å². The van der Waals surface area contributed by atoms with Crippen molar-refractivity contribution in [2.75, 3.05) is 4.72 Å². The number of nitrogens with zero attached hydrogens (tertiary/aromatic N) is 2. The van der Waals surface area contributed by atoms with Crippen molar-refractivity contribution in [3.63, 3.8) is 0 Å². The summed E-state index contributed by atoms with van der Waals surface area (Å²) in [6, 6.07) is 16.4. The number of rotatable bonds is 8. The van der Waals surface area contributed by atoms with Crippen LogP contribution in [0.5, 0.6) is 5.88 Å². The number of sulfonamides is 1. The normalized spacial score (nSPS) is 11.9. The van der Waals surface area contributed by atoms with Gasteiger partial charge >= 0.3 is 0 Å². The molecule has 0 amide bonds. The van der Waals surface area contributed by atoms with Gasteiger partial charge in [0.2, 0.25) is 5.82 Å². The van der Waals surface area contributed by atoms with Gasteiger partial charge in [0.1, 0.15) is 11.2 Å². The number of halogens is 1. The summed E-state index contributed by atoms with van der Waals surface area (Å²) in [6.45, 7) is 6.60. The Kier molecular flexibility index (Phi) is 6.77. The van der Waals surface area contributed by atoms with Crippen molar-refractivity contribution in [2.24, 2.45) is 0 Å². The molecule has 0 bridgehead atoms. The minimum atomic E-state index is -3.85. The first-order chi connectivity index (χ1) is 14.2. The van der Waals surface area contributed by atoms with Crippen LogP contribution in [0.1, 0.15) is 38.3 Å².